The Labute approximate surface area is 107 Å². The number of hydrogen-bond donors (Lipinski definition) is 1. The minimum Gasteiger partial charge on any atom is -0.496 e. The summed E-state index contributed by atoms with van der Waals surface area (Å²) in [6.07, 6.45) is 0.739. The molecule has 1 aromatic carbocycles. The molecule has 1 saturated heterocycles. The van der Waals surface area contributed by atoms with Gasteiger partial charge in [0, 0.05) is 18.7 Å². The van der Waals surface area contributed by atoms with E-state index >= 15 is 0 Å². The number of benzene rings is 1. The van der Waals surface area contributed by atoms with Crippen LogP contribution in [-0.4, -0.2) is 35.7 Å². The van der Waals surface area contributed by atoms with Crippen molar-refractivity contribution in [3.05, 3.63) is 28.8 Å². The zero-order valence-corrected chi connectivity index (χ0v) is 11.1. The molecular formula is C14H19NO3. The number of carboxylic acids is 1. The predicted molar refractivity (Wildman–Crippen MR) is 68.9 cm³/mol. The molecule has 0 radical (unpaired) electrons. The number of likely N-dealkylation sites (tertiary alicyclic amines) is 1. The summed E-state index contributed by atoms with van der Waals surface area (Å²) in [4.78, 5) is 13.0. The van der Waals surface area contributed by atoms with Crippen molar-refractivity contribution in [3.63, 3.8) is 0 Å². The number of hydrogen-bond acceptors (Lipinski definition) is 3. The summed E-state index contributed by atoms with van der Waals surface area (Å²) < 4.78 is 5.42. The van der Waals surface area contributed by atoms with Crippen LogP contribution in [0.5, 0.6) is 5.75 Å². The van der Waals surface area contributed by atoms with E-state index in [4.69, 9.17) is 9.84 Å². The van der Waals surface area contributed by atoms with E-state index in [-0.39, 0.29) is 6.04 Å². The predicted octanol–water partition coefficient (Wildman–Crippen LogP) is 1.97. The molecule has 1 atom stereocenters. The maximum absolute atomic E-state index is 11.0. The zero-order chi connectivity index (χ0) is 13.3. The van der Waals surface area contributed by atoms with Crippen molar-refractivity contribution in [2.24, 2.45) is 0 Å². The summed E-state index contributed by atoms with van der Waals surface area (Å²) in [5.74, 6) is 0.140. The lowest BCUT2D eigenvalue weighted by atomic mass is 9.99. The Morgan fingerprint density at radius 3 is 2.72 bits per heavy atom. The molecule has 1 heterocycles. The van der Waals surface area contributed by atoms with Gasteiger partial charge in [0.2, 0.25) is 0 Å². The van der Waals surface area contributed by atoms with Crippen molar-refractivity contribution >= 4 is 5.97 Å². The van der Waals surface area contributed by atoms with Crippen LogP contribution >= 0.6 is 0 Å². The average molecular weight is 249 g/mol. The minimum atomic E-state index is -0.732. The topological polar surface area (TPSA) is 49.8 Å². The normalized spacial score (nSPS) is 19.4. The van der Waals surface area contributed by atoms with E-state index in [0.717, 1.165) is 29.8 Å². The van der Waals surface area contributed by atoms with Gasteiger partial charge in [-0.05, 0) is 25.8 Å². The number of nitrogens with zero attached hydrogens (tertiary/aromatic N) is 1. The third kappa shape index (κ3) is 2.34. The molecule has 0 saturated carbocycles. The Morgan fingerprint density at radius 2 is 2.22 bits per heavy atom. The van der Waals surface area contributed by atoms with E-state index in [2.05, 4.69) is 12.1 Å². The minimum absolute atomic E-state index is 0.337. The third-order valence-electron chi connectivity index (χ3n) is 3.49. The van der Waals surface area contributed by atoms with Gasteiger partial charge in [-0.3, -0.25) is 9.69 Å². The molecule has 18 heavy (non-hydrogen) atoms. The van der Waals surface area contributed by atoms with E-state index in [0.29, 0.717) is 6.54 Å². The molecule has 2 rings (SSSR count). The highest BCUT2D eigenvalue weighted by Crippen LogP contribution is 2.29. The molecule has 98 valence electrons. The van der Waals surface area contributed by atoms with E-state index in [1.165, 1.54) is 5.56 Å². The molecular weight excluding hydrogens is 230 g/mol. The number of carboxylic acid groups (broad SMARTS) is 1. The van der Waals surface area contributed by atoms with Gasteiger partial charge in [-0.2, -0.15) is 0 Å². The second kappa shape index (κ2) is 4.98. The van der Waals surface area contributed by atoms with Crippen LogP contribution in [0.15, 0.2) is 12.1 Å². The van der Waals surface area contributed by atoms with E-state index < -0.39 is 5.97 Å². The van der Waals surface area contributed by atoms with Gasteiger partial charge >= 0.3 is 5.97 Å². The van der Waals surface area contributed by atoms with Crippen molar-refractivity contribution in [3.8, 4) is 5.75 Å². The van der Waals surface area contributed by atoms with E-state index in [1.54, 1.807) is 7.11 Å². The molecule has 0 unspecified atom stereocenters. The van der Waals surface area contributed by atoms with Crippen LogP contribution in [0.25, 0.3) is 0 Å². The highest BCUT2D eigenvalue weighted by molar-refractivity contribution is 5.74. The summed E-state index contributed by atoms with van der Waals surface area (Å²) in [7, 11) is 1.66. The molecule has 1 N–H and O–H groups in total. The molecule has 0 spiro atoms. The molecule has 0 amide bonds. The molecule has 1 aliphatic rings. The van der Waals surface area contributed by atoms with Gasteiger partial charge in [0.15, 0.2) is 0 Å². The third-order valence-corrected chi connectivity index (χ3v) is 3.49. The van der Waals surface area contributed by atoms with Crippen molar-refractivity contribution in [2.45, 2.75) is 32.9 Å². The molecule has 4 heteroatoms. The zero-order valence-electron chi connectivity index (χ0n) is 11.1. The summed E-state index contributed by atoms with van der Waals surface area (Å²) >= 11 is 0. The van der Waals surface area contributed by atoms with Gasteiger partial charge in [-0.1, -0.05) is 17.7 Å². The summed E-state index contributed by atoms with van der Waals surface area (Å²) in [5.41, 5.74) is 3.34. The highest BCUT2D eigenvalue weighted by Gasteiger charge is 2.34. The van der Waals surface area contributed by atoms with Gasteiger partial charge in [-0.15, -0.1) is 0 Å². The Bertz CT molecular complexity index is 470. The van der Waals surface area contributed by atoms with Crippen molar-refractivity contribution < 1.29 is 14.6 Å². The van der Waals surface area contributed by atoms with Gasteiger partial charge in [-0.25, -0.2) is 0 Å². The molecule has 1 fully saturated rings. The number of aliphatic carboxylic acids is 1. The maximum atomic E-state index is 11.0. The Balaban J connectivity index is 2.21. The van der Waals surface area contributed by atoms with Crippen LogP contribution in [-0.2, 0) is 11.3 Å². The average Bonchev–Trinajstić information content (AvgIpc) is 2.22. The van der Waals surface area contributed by atoms with Crippen LogP contribution < -0.4 is 4.74 Å². The van der Waals surface area contributed by atoms with E-state index in [9.17, 15) is 4.79 Å². The van der Waals surface area contributed by atoms with Gasteiger partial charge in [0.25, 0.3) is 0 Å². The first-order valence-corrected chi connectivity index (χ1v) is 6.14. The monoisotopic (exact) mass is 249 g/mol. The fourth-order valence-electron chi connectivity index (χ4n) is 2.58. The Hall–Kier alpha value is -1.55. The van der Waals surface area contributed by atoms with Crippen LogP contribution in [0, 0.1) is 13.8 Å². The van der Waals surface area contributed by atoms with Crippen molar-refractivity contribution in [2.75, 3.05) is 13.7 Å². The fraction of sp³-hybridized carbons (Fsp3) is 0.500. The SMILES string of the molecule is COc1c(C)cc(C)cc1CN1CC[C@@H]1C(=O)O. The Morgan fingerprint density at radius 1 is 1.50 bits per heavy atom. The van der Waals surface area contributed by atoms with Crippen molar-refractivity contribution in [1.29, 1.82) is 0 Å². The lowest BCUT2D eigenvalue weighted by Crippen LogP contribution is -2.51. The van der Waals surface area contributed by atoms with E-state index in [1.807, 2.05) is 18.7 Å². The molecule has 0 bridgehead atoms. The summed E-state index contributed by atoms with van der Waals surface area (Å²) in [6.45, 7) is 5.54. The molecule has 0 aliphatic carbocycles. The fourth-order valence-corrected chi connectivity index (χ4v) is 2.58. The number of methoxy groups -OCH3 is 1. The summed E-state index contributed by atoms with van der Waals surface area (Å²) in [6, 6.07) is 3.81. The number of rotatable bonds is 4. The van der Waals surface area contributed by atoms with Gasteiger partial charge in [0.05, 0.1) is 7.11 Å². The first kappa shape index (κ1) is 12.9. The van der Waals surface area contributed by atoms with Crippen LogP contribution in [0.2, 0.25) is 0 Å². The van der Waals surface area contributed by atoms with Crippen LogP contribution in [0.3, 0.4) is 0 Å². The number of aryl methyl sites for hydroxylation is 2. The standard InChI is InChI=1S/C14H19NO3/c1-9-6-10(2)13(18-3)11(7-9)8-15-5-4-12(15)14(16)17/h6-7,12H,4-5,8H2,1-3H3,(H,16,17)/t12-/m1/s1. The highest BCUT2D eigenvalue weighted by atomic mass is 16.5. The molecule has 4 nitrogen and oxygen atoms in total. The first-order valence-electron chi connectivity index (χ1n) is 6.14. The lowest BCUT2D eigenvalue weighted by Gasteiger charge is -2.38. The van der Waals surface area contributed by atoms with Gasteiger partial charge in [0.1, 0.15) is 11.8 Å². The Kier molecular flexibility index (Phi) is 3.57. The van der Waals surface area contributed by atoms with Gasteiger partial charge < -0.3 is 9.84 Å². The maximum Gasteiger partial charge on any atom is 0.320 e. The second-order valence-electron chi connectivity index (χ2n) is 4.89. The molecule has 1 aliphatic heterocycles. The smallest absolute Gasteiger partial charge is 0.320 e. The first-order chi connectivity index (χ1) is 8.52. The quantitative estimate of drug-likeness (QED) is 0.886. The number of ether oxygens (including phenoxy) is 1. The molecule has 0 aromatic heterocycles. The van der Waals surface area contributed by atoms with Crippen LogP contribution in [0.4, 0.5) is 0 Å². The molecule has 1 aromatic rings. The largest absolute Gasteiger partial charge is 0.496 e. The lowest BCUT2D eigenvalue weighted by molar-refractivity contribution is -0.148. The second-order valence-corrected chi connectivity index (χ2v) is 4.89. The number of carbonyl (C=O) groups is 1. The van der Waals surface area contributed by atoms with Crippen LogP contribution in [0.1, 0.15) is 23.1 Å². The summed E-state index contributed by atoms with van der Waals surface area (Å²) in [5, 5.41) is 9.04. The van der Waals surface area contributed by atoms with Crippen molar-refractivity contribution in [1.82, 2.24) is 4.90 Å².